The van der Waals surface area contributed by atoms with Crippen molar-refractivity contribution in [1.82, 2.24) is 10.9 Å². The Balaban J connectivity index is 3.06. The molecule has 0 aliphatic heterocycles. The maximum absolute atomic E-state index is 11.6. The average Bonchev–Trinajstić information content (AvgIpc) is 2.22. The van der Waals surface area contributed by atoms with Gasteiger partial charge in [-0.05, 0) is 41.5 Å². The van der Waals surface area contributed by atoms with Crippen molar-refractivity contribution < 1.29 is 4.79 Å². The summed E-state index contributed by atoms with van der Waals surface area (Å²) in [6.07, 6.45) is 0.420. The third-order valence-corrected chi connectivity index (χ3v) is 3.16. The number of amides is 1. The Kier molecular flexibility index (Phi) is 4.52. The number of hydrogen-bond acceptors (Lipinski definition) is 2. The largest absolute Gasteiger partial charge is 0.292 e. The molecule has 1 aromatic rings. The first-order chi connectivity index (χ1) is 8.25. The molecule has 0 aromatic heterocycles. The van der Waals surface area contributed by atoms with E-state index in [-0.39, 0.29) is 11.3 Å². The molecule has 1 amide bonds. The number of nitrogens with one attached hydrogen (secondary N) is 2. The van der Waals surface area contributed by atoms with E-state index in [1.807, 2.05) is 0 Å². The molecule has 0 spiro atoms. The van der Waals surface area contributed by atoms with Crippen LogP contribution in [0.3, 0.4) is 0 Å². The van der Waals surface area contributed by atoms with Crippen molar-refractivity contribution in [1.29, 1.82) is 0 Å². The second kappa shape index (κ2) is 5.53. The van der Waals surface area contributed by atoms with Gasteiger partial charge in [0.2, 0.25) is 5.91 Å². The Morgan fingerprint density at radius 3 is 2.06 bits per heavy atom. The van der Waals surface area contributed by atoms with Crippen molar-refractivity contribution >= 4 is 5.91 Å². The summed E-state index contributed by atoms with van der Waals surface area (Å²) in [4.78, 5) is 11.6. The van der Waals surface area contributed by atoms with Crippen molar-refractivity contribution in [2.75, 3.05) is 7.05 Å². The molecule has 3 nitrogen and oxygen atoms in total. The van der Waals surface area contributed by atoms with Crippen LogP contribution in [0.4, 0.5) is 0 Å². The molecular weight excluding hydrogens is 224 g/mol. The fourth-order valence-electron chi connectivity index (χ4n) is 2.05. The quantitative estimate of drug-likeness (QED) is 0.806. The highest BCUT2D eigenvalue weighted by atomic mass is 16.2. The fraction of sp³-hybridized carbons (Fsp3) is 0.533. The second-order valence-electron chi connectivity index (χ2n) is 5.81. The first kappa shape index (κ1) is 14.7. The summed E-state index contributed by atoms with van der Waals surface area (Å²) in [5, 5.41) is 0. The molecule has 0 saturated carbocycles. The summed E-state index contributed by atoms with van der Waals surface area (Å²) in [6, 6.07) is 4.38. The molecule has 0 aliphatic rings. The number of carbonyl (C=O) groups excluding carboxylic acids is 1. The first-order valence-corrected chi connectivity index (χ1v) is 6.32. The zero-order chi connectivity index (χ0) is 13.9. The van der Waals surface area contributed by atoms with Crippen molar-refractivity contribution in [3.05, 3.63) is 34.4 Å². The topological polar surface area (TPSA) is 41.1 Å². The van der Waals surface area contributed by atoms with Crippen LogP contribution < -0.4 is 10.9 Å². The maximum Gasteiger partial charge on any atom is 0.238 e. The van der Waals surface area contributed by atoms with E-state index in [2.05, 4.69) is 57.6 Å². The van der Waals surface area contributed by atoms with Crippen LogP contribution in [0, 0.1) is 13.8 Å². The van der Waals surface area contributed by atoms with Gasteiger partial charge in [-0.1, -0.05) is 32.9 Å². The van der Waals surface area contributed by atoms with Crippen molar-refractivity contribution in [3.8, 4) is 0 Å². The number of rotatable bonds is 3. The van der Waals surface area contributed by atoms with Crippen LogP contribution >= 0.6 is 0 Å². The third kappa shape index (κ3) is 3.57. The molecule has 0 saturated heterocycles. The van der Waals surface area contributed by atoms with Gasteiger partial charge < -0.3 is 0 Å². The lowest BCUT2D eigenvalue weighted by Crippen LogP contribution is -2.35. The molecule has 100 valence electrons. The standard InChI is InChI=1S/C15H24N2O/c1-10-7-12(15(3,4)5)8-11(2)13(10)9-14(18)17-16-6/h7-8,16H,9H2,1-6H3,(H,17,18). The fourth-order valence-corrected chi connectivity index (χ4v) is 2.05. The second-order valence-corrected chi connectivity index (χ2v) is 5.81. The summed E-state index contributed by atoms with van der Waals surface area (Å²) < 4.78 is 0. The summed E-state index contributed by atoms with van der Waals surface area (Å²) in [5.74, 6) is -0.00721. The molecule has 0 atom stereocenters. The molecule has 1 rings (SSSR count). The molecule has 0 fully saturated rings. The number of carbonyl (C=O) groups is 1. The van der Waals surface area contributed by atoms with Gasteiger partial charge in [0.1, 0.15) is 0 Å². The van der Waals surface area contributed by atoms with Gasteiger partial charge in [-0.25, -0.2) is 5.43 Å². The van der Waals surface area contributed by atoms with Crippen LogP contribution in [0.5, 0.6) is 0 Å². The molecule has 0 unspecified atom stereocenters. The number of hydrogen-bond donors (Lipinski definition) is 2. The van der Waals surface area contributed by atoms with Gasteiger partial charge >= 0.3 is 0 Å². The predicted octanol–water partition coefficient (Wildman–Crippen LogP) is 2.39. The lowest BCUT2D eigenvalue weighted by molar-refractivity contribution is -0.121. The van der Waals surface area contributed by atoms with E-state index in [0.29, 0.717) is 6.42 Å². The van der Waals surface area contributed by atoms with E-state index in [1.54, 1.807) is 7.05 Å². The Morgan fingerprint density at radius 1 is 1.17 bits per heavy atom. The Bertz CT molecular complexity index is 421. The summed E-state index contributed by atoms with van der Waals surface area (Å²) in [5.41, 5.74) is 10.2. The SMILES string of the molecule is CNNC(=O)Cc1c(C)cc(C(C)(C)C)cc1C. The molecule has 3 heteroatoms. The molecule has 1 aromatic carbocycles. The van der Waals surface area contributed by atoms with Gasteiger partial charge in [-0.3, -0.25) is 10.2 Å². The van der Waals surface area contributed by atoms with Crippen molar-refractivity contribution in [2.24, 2.45) is 0 Å². The molecule has 0 bridgehead atoms. The smallest absolute Gasteiger partial charge is 0.238 e. The highest BCUT2D eigenvalue weighted by molar-refractivity contribution is 5.78. The normalized spacial score (nSPS) is 11.4. The summed E-state index contributed by atoms with van der Waals surface area (Å²) in [6.45, 7) is 10.8. The van der Waals surface area contributed by atoms with E-state index in [0.717, 1.165) is 5.56 Å². The lowest BCUT2D eigenvalue weighted by Gasteiger charge is -2.22. The zero-order valence-electron chi connectivity index (χ0n) is 12.3. The van der Waals surface area contributed by atoms with Crippen LogP contribution in [0.2, 0.25) is 0 Å². The number of benzene rings is 1. The van der Waals surface area contributed by atoms with Gasteiger partial charge in [0.15, 0.2) is 0 Å². The molecule has 2 N–H and O–H groups in total. The summed E-state index contributed by atoms with van der Waals surface area (Å²) in [7, 11) is 1.69. The predicted molar refractivity (Wildman–Crippen MR) is 75.5 cm³/mol. The van der Waals surface area contributed by atoms with Gasteiger partial charge in [-0.2, -0.15) is 0 Å². The number of aryl methyl sites for hydroxylation is 2. The lowest BCUT2D eigenvalue weighted by atomic mass is 9.83. The first-order valence-electron chi connectivity index (χ1n) is 6.32. The van der Waals surface area contributed by atoms with E-state index in [9.17, 15) is 4.79 Å². The molecular formula is C15H24N2O. The van der Waals surface area contributed by atoms with Gasteiger partial charge in [0.25, 0.3) is 0 Å². The maximum atomic E-state index is 11.6. The van der Waals surface area contributed by atoms with E-state index < -0.39 is 0 Å². The molecule has 0 radical (unpaired) electrons. The van der Waals surface area contributed by atoms with Crippen molar-refractivity contribution in [3.63, 3.8) is 0 Å². The minimum absolute atomic E-state index is 0.00721. The molecule has 18 heavy (non-hydrogen) atoms. The average molecular weight is 248 g/mol. The Labute approximate surface area is 110 Å². The van der Waals surface area contributed by atoms with E-state index in [4.69, 9.17) is 0 Å². The zero-order valence-corrected chi connectivity index (χ0v) is 12.3. The highest BCUT2D eigenvalue weighted by Crippen LogP contribution is 2.27. The van der Waals surface area contributed by atoms with Gasteiger partial charge in [-0.15, -0.1) is 0 Å². The van der Waals surface area contributed by atoms with Gasteiger partial charge in [0.05, 0.1) is 6.42 Å². The Hall–Kier alpha value is -1.35. The third-order valence-electron chi connectivity index (χ3n) is 3.16. The number of hydrazine groups is 1. The Morgan fingerprint density at radius 2 is 1.67 bits per heavy atom. The van der Waals surface area contributed by atoms with Crippen LogP contribution in [0.15, 0.2) is 12.1 Å². The van der Waals surface area contributed by atoms with E-state index >= 15 is 0 Å². The summed E-state index contributed by atoms with van der Waals surface area (Å²) >= 11 is 0. The van der Waals surface area contributed by atoms with E-state index in [1.165, 1.54) is 16.7 Å². The van der Waals surface area contributed by atoms with Crippen LogP contribution in [-0.2, 0) is 16.6 Å². The van der Waals surface area contributed by atoms with Crippen molar-refractivity contribution in [2.45, 2.75) is 46.5 Å². The molecule has 0 heterocycles. The highest BCUT2D eigenvalue weighted by Gasteiger charge is 2.17. The van der Waals surface area contributed by atoms with Gasteiger partial charge in [0, 0.05) is 7.05 Å². The van der Waals surface area contributed by atoms with Crippen LogP contribution in [0.1, 0.15) is 43.0 Å². The van der Waals surface area contributed by atoms with Crippen LogP contribution in [-0.4, -0.2) is 13.0 Å². The minimum Gasteiger partial charge on any atom is -0.292 e. The minimum atomic E-state index is -0.00721. The monoisotopic (exact) mass is 248 g/mol. The molecule has 0 aliphatic carbocycles. The van der Waals surface area contributed by atoms with Crippen LogP contribution in [0.25, 0.3) is 0 Å².